The van der Waals surface area contributed by atoms with Crippen molar-refractivity contribution >= 4 is 6.16 Å². The zero-order valence-corrected chi connectivity index (χ0v) is 17.2. The number of carbonyl (C=O) groups excluding carboxylic acids is 1. The highest BCUT2D eigenvalue weighted by molar-refractivity contribution is 5.63. The minimum atomic E-state index is -2.12. The molecule has 4 aromatic carbocycles. The van der Waals surface area contributed by atoms with Crippen molar-refractivity contribution in [3.8, 4) is 0 Å². The van der Waals surface area contributed by atoms with Crippen molar-refractivity contribution in [1.82, 2.24) is 0 Å². The SMILES string of the molecule is O=C(OC(O)(c1ccccc1)c1ccccc1)OC(O)(c1ccccc1)c1ccccc1. The van der Waals surface area contributed by atoms with E-state index in [1.54, 1.807) is 121 Å². The molecule has 0 aliphatic rings. The van der Waals surface area contributed by atoms with Gasteiger partial charge in [-0.2, -0.15) is 0 Å². The first kappa shape index (κ1) is 21.3. The van der Waals surface area contributed by atoms with Gasteiger partial charge in [-0.1, -0.05) is 121 Å². The van der Waals surface area contributed by atoms with E-state index in [9.17, 15) is 15.0 Å². The van der Waals surface area contributed by atoms with E-state index in [4.69, 9.17) is 9.47 Å². The zero-order chi connectivity index (χ0) is 22.4. The number of carbonyl (C=O) groups is 1. The first-order chi connectivity index (χ1) is 15.5. The van der Waals surface area contributed by atoms with Crippen molar-refractivity contribution in [2.24, 2.45) is 0 Å². The average molecular weight is 426 g/mol. The lowest BCUT2D eigenvalue weighted by Gasteiger charge is -2.32. The summed E-state index contributed by atoms with van der Waals surface area (Å²) in [7, 11) is 0. The monoisotopic (exact) mass is 426 g/mol. The summed E-state index contributed by atoms with van der Waals surface area (Å²) in [4.78, 5) is 13.0. The van der Waals surface area contributed by atoms with E-state index in [-0.39, 0.29) is 0 Å². The smallest absolute Gasteiger partial charge is 0.393 e. The summed E-state index contributed by atoms with van der Waals surface area (Å²) in [6.45, 7) is 0. The third-order valence-electron chi connectivity index (χ3n) is 5.12. The quantitative estimate of drug-likeness (QED) is 0.338. The van der Waals surface area contributed by atoms with Gasteiger partial charge in [0.05, 0.1) is 0 Å². The Morgan fingerprint density at radius 3 is 0.906 bits per heavy atom. The summed E-state index contributed by atoms with van der Waals surface area (Å²) in [6, 6.07) is 34.1. The molecule has 0 spiro atoms. The molecule has 0 fully saturated rings. The fourth-order valence-electron chi connectivity index (χ4n) is 3.49. The van der Waals surface area contributed by atoms with Gasteiger partial charge in [-0.3, -0.25) is 0 Å². The van der Waals surface area contributed by atoms with Crippen LogP contribution in [0.4, 0.5) is 4.79 Å². The van der Waals surface area contributed by atoms with Gasteiger partial charge in [0.1, 0.15) is 0 Å². The fraction of sp³-hybridized carbons (Fsp3) is 0.0741. The molecule has 2 N–H and O–H groups in total. The van der Waals surface area contributed by atoms with E-state index >= 15 is 0 Å². The van der Waals surface area contributed by atoms with E-state index in [0.717, 1.165) is 0 Å². The van der Waals surface area contributed by atoms with Crippen molar-refractivity contribution in [3.05, 3.63) is 144 Å². The van der Waals surface area contributed by atoms with Gasteiger partial charge in [0.2, 0.25) is 0 Å². The fourth-order valence-corrected chi connectivity index (χ4v) is 3.49. The Labute approximate surface area is 186 Å². The molecular weight excluding hydrogens is 404 g/mol. The Morgan fingerprint density at radius 2 is 0.688 bits per heavy atom. The third kappa shape index (κ3) is 4.25. The van der Waals surface area contributed by atoms with Crippen molar-refractivity contribution in [2.45, 2.75) is 11.6 Å². The van der Waals surface area contributed by atoms with Crippen LogP contribution >= 0.6 is 0 Å². The minimum Gasteiger partial charge on any atom is -0.393 e. The standard InChI is InChI=1S/C27H22O5/c28-25(31-26(29,21-13-5-1-6-14-21)22-15-7-2-8-16-22)32-27(30,23-17-9-3-10-18-23)24-19-11-4-12-20-24/h1-20,29-30H. The summed E-state index contributed by atoms with van der Waals surface area (Å²) in [5.41, 5.74) is 1.36. The second-order valence-electron chi connectivity index (χ2n) is 7.21. The molecule has 0 aliphatic carbocycles. The summed E-state index contributed by atoms with van der Waals surface area (Å²) in [5, 5.41) is 22.9. The summed E-state index contributed by atoms with van der Waals surface area (Å²) < 4.78 is 11.0. The maximum absolute atomic E-state index is 13.0. The Bertz CT molecular complexity index is 974. The highest BCUT2D eigenvalue weighted by Crippen LogP contribution is 2.35. The number of hydrogen-bond donors (Lipinski definition) is 2. The predicted octanol–water partition coefficient (Wildman–Crippen LogP) is 4.93. The van der Waals surface area contributed by atoms with E-state index in [2.05, 4.69) is 0 Å². The lowest BCUT2D eigenvalue weighted by molar-refractivity contribution is -0.202. The number of hydrogen-bond acceptors (Lipinski definition) is 5. The topological polar surface area (TPSA) is 76.0 Å². The van der Waals surface area contributed by atoms with Crippen LogP contribution in [-0.2, 0) is 21.0 Å². The second-order valence-corrected chi connectivity index (χ2v) is 7.21. The highest BCUT2D eigenvalue weighted by atomic mass is 16.8. The normalized spacial score (nSPS) is 11.6. The van der Waals surface area contributed by atoms with Crippen LogP contribution in [0.5, 0.6) is 0 Å². The third-order valence-corrected chi connectivity index (χ3v) is 5.12. The van der Waals surface area contributed by atoms with Crippen LogP contribution in [-0.4, -0.2) is 16.4 Å². The van der Waals surface area contributed by atoms with Crippen LogP contribution < -0.4 is 0 Å². The van der Waals surface area contributed by atoms with E-state index in [1.807, 2.05) is 0 Å². The number of benzene rings is 4. The van der Waals surface area contributed by atoms with E-state index in [0.29, 0.717) is 22.3 Å². The highest BCUT2D eigenvalue weighted by Gasteiger charge is 2.42. The molecule has 0 radical (unpaired) electrons. The Morgan fingerprint density at radius 1 is 0.469 bits per heavy atom. The van der Waals surface area contributed by atoms with Crippen LogP contribution in [0.2, 0.25) is 0 Å². The molecule has 160 valence electrons. The Hall–Kier alpha value is -3.93. The average Bonchev–Trinajstić information content (AvgIpc) is 2.86. The van der Waals surface area contributed by atoms with Crippen molar-refractivity contribution in [1.29, 1.82) is 0 Å². The number of ether oxygens (including phenoxy) is 2. The predicted molar refractivity (Wildman–Crippen MR) is 119 cm³/mol. The molecule has 0 aliphatic heterocycles. The summed E-state index contributed by atoms with van der Waals surface area (Å²) in [6.07, 6.45) is -1.24. The van der Waals surface area contributed by atoms with Gasteiger partial charge in [-0.05, 0) is 0 Å². The van der Waals surface area contributed by atoms with Gasteiger partial charge in [-0.25, -0.2) is 4.79 Å². The lowest BCUT2D eigenvalue weighted by Crippen LogP contribution is -2.39. The van der Waals surface area contributed by atoms with Gasteiger partial charge in [-0.15, -0.1) is 0 Å². The molecular formula is C27H22O5. The summed E-state index contributed by atoms with van der Waals surface area (Å²) in [5.74, 6) is -4.23. The van der Waals surface area contributed by atoms with Gasteiger partial charge >= 0.3 is 6.16 Å². The number of rotatable bonds is 6. The van der Waals surface area contributed by atoms with Crippen LogP contribution in [0.3, 0.4) is 0 Å². The molecule has 0 aromatic heterocycles. The van der Waals surface area contributed by atoms with Gasteiger partial charge in [0.25, 0.3) is 11.6 Å². The van der Waals surface area contributed by atoms with Crippen LogP contribution in [0.1, 0.15) is 22.3 Å². The molecule has 0 saturated carbocycles. The van der Waals surface area contributed by atoms with Crippen molar-refractivity contribution < 1.29 is 24.5 Å². The second kappa shape index (κ2) is 9.06. The Kier molecular flexibility index (Phi) is 6.03. The van der Waals surface area contributed by atoms with Gasteiger partial charge in [0, 0.05) is 22.3 Å². The first-order valence-electron chi connectivity index (χ1n) is 10.1. The molecule has 0 amide bonds. The van der Waals surface area contributed by atoms with Crippen LogP contribution in [0, 0.1) is 0 Å². The van der Waals surface area contributed by atoms with E-state index < -0.39 is 17.7 Å². The van der Waals surface area contributed by atoms with Crippen molar-refractivity contribution in [2.75, 3.05) is 0 Å². The van der Waals surface area contributed by atoms with Crippen molar-refractivity contribution in [3.63, 3.8) is 0 Å². The maximum Gasteiger partial charge on any atom is 0.514 e. The van der Waals surface area contributed by atoms with E-state index in [1.165, 1.54) is 0 Å². The van der Waals surface area contributed by atoms with Gasteiger partial charge in [0.15, 0.2) is 0 Å². The first-order valence-corrected chi connectivity index (χ1v) is 10.1. The molecule has 0 atom stereocenters. The molecule has 0 saturated heterocycles. The molecule has 4 aromatic rings. The minimum absolute atomic E-state index is 0.339. The molecule has 5 nitrogen and oxygen atoms in total. The zero-order valence-electron chi connectivity index (χ0n) is 17.2. The van der Waals surface area contributed by atoms with Crippen LogP contribution in [0.25, 0.3) is 0 Å². The molecule has 32 heavy (non-hydrogen) atoms. The maximum atomic E-state index is 13.0. The molecule has 0 bridgehead atoms. The van der Waals surface area contributed by atoms with Gasteiger partial charge < -0.3 is 19.7 Å². The number of aliphatic hydroxyl groups is 2. The largest absolute Gasteiger partial charge is 0.514 e. The molecule has 4 rings (SSSR count). The molecule has 5 heteroatoms. The summed E-state index contributed by atoms with van der Waals surface area (Å²) >= 11 is 0. The molecule has 0 unspecified atom stereocenters. The lowest BCUT2D eigenvalue weighted by atomic mass is 9.97. The Balaban J connectivity index is 1.70. The van der Waals surface area contributed by atoms with Crippen LogP contribution in [0.15, 0.2) is 121 Å². The molecule has 0 heterocycles.